The maximum Gasteiger partial charge on any atom is 0.321 e. The highest BCUT2D eigenvalue weighted by Crippen LogP contribution is 2.23. The zero-order chi connectivity index (χ0) is 19.4. The number of carbonyl (C=O) groups excluding carboxylic acids is 2. The van der Waals surface area contributed by atoms with Gasteiger partial charge in [-0.05, 0) is 43.7 Å². The van der Waals surface area contributed by atoms with Gasteiger partial charge < -0.3 is 20.4 Å². The van der Waals surface area contributed by atoms with Gasteiger partial charge in [0.25, 0.3) is 0 Å². The summed E-state index contributed by atoms with van der Waals surface area (Å²) in [4.78, 5) is 27.9. The lowest BCUT2D eigenvalue weighted by atomic mass is 10.1. The molecule has 1 fully saturated rings. The molecule has 0 unspecified atom stereocenters. The van der Waals surface area contributed by atoms with E-state index in [1.54, 1.807) is 18.2 Å². The Morgan fingerprint density at radius 3 is 2.19 bits per heavy atom. The molecule has 2 aromatic rings. The fraction of sp³-hybridized carbons (Fsp3) is 0.333. The van der Waals surface area contributed by atoms with Gasteiger partial charge in [-0.3, -0.25) is 4.79 Å². The molecule has 6 nitrogen and oxygen atoms in total. The summed E-state index contributed by atoms with van der Waals surface area (Å²) in [5.41, 5.74) is 5.10. The van der Waals surface area contributed by atoms with E-state index < -0.39 is 0 Å². The van der Waals surface area contributed by atoms with Gasteiger partial charge in [0.2, 0.25) is 5.91 Å². The van der Waals surface area contributed by atoms with Crippen LogP contribution in [0.15, 0.2) is 42.5 Å². The Kier molecular flexibility index (Phi) is 5.64. The van der Waals surface area contributed by atoms with Crippen molar-refractivity contribution >= 4 is 29.0 Å². The maximum absolute atomic E-state index is 12.6. The van der Waals surface area contributed by atoms with Gasteiger partial charge in [-0.2, -0.15) is 0 Å². The minimum absolute atomic E-state index is 0.116. The number of amides is 3. The van der Waals surface area contributed by atoms with Crippen LogP contribution in [-0.2, 0) is 4.79 Å². The minimum Gasteiger partial charge on any atom is -0.368 e. The smallest absolute Gasteiger partial charge is 0.321 e. The molecule has 1 aliphatic heterocycles. The van der Waals surface area contributed by atoms with Crippen LogP contribution in [-0.4, -0.2) is 43.0 Å². The molecule has 3 rings (SSSR count). The molecular formula is C21H26N4O2. The van der Waals surface area contributed by atoms with Crippen LogP contribution in [0.2, 0.25) is 0 Å². The molecule has 142 valence electrons. The van der Waals surface area contributed by atoms with Crippen molar-refractivity contribution in [3.05, 3.63) is 53.6 Å². The van der Waals surface area contributed by atoms with E-state index in [0.29, 0.717) is 24.5 Å². The zero-order valence-corrected chi connectivity index (χ0v) is 16.1. The van der Waals surface area contributed by atoms with Gasteiger partial charge in [0.1, 0.15) is 0 Å². The molecule has 1 heterocycles. The van der Waals surface area contributed by atoms with Crippen molar-refractivity contribution in [3.8, 4) is 0 Å². The largest absolute Gasteiger partial charge is 0.368 e. The van der Waals surface area contributed by atoms with Crippen LogP contribution in [0.4, 0.5) is 21.9 Å². The van der Waals surface area contributed by atoms with E-state index in [4.69, 9.17) is 0 Å². The highest BCUT2D eigenvalue weighted by atomic mass is 16.2. The van der Waals surface area contributed by atoms with Crippen molar-refractivity contribution < 1.29 is 9.59 Å². The molecule has 0 bridgehead atoms. The lowest BCUT2D eigenvalue weighted by Crippen LogP contribution is -2.50. The second kappa shape index (κ2) is 8.12. The monoisotopic (exact) mass is 366 g/mol. The van der Waals surface area contributed by atoms with Gasteiger partial charge in [-0.25, -0.2) is 4.79 Å². The Balaban J connectivity index is 1.58. The number of benzene rings is 2. The summed E-state index contributed by atoms with van der Waals surface area (Å²) in [6.07, 6.45) is 0. The first kappa shape index (κ1) is 18.8. The molecule has 2 aromatic carbocycles. The molecule has 0 aromatic heterocycles. The topological polar surface area (TPSA) is 64.7 Å². The van der Waals surface area contributed by atoms with E-state index in [9.17, 15) is 9.59 Å². The summed E-state index contributed by atoms with van der Waals surface area (Å²) >= 11 is 0. The Labute approximate surface area is 160 Å². The molecule has 3 amide bonds. The fourth-order valence-electron chi connectivity index (χ4n) is 3.39. The van der Waals surface area contributed by atoms with Crippen LogP contribution in [0.25, 0.3) is 0 Å². The van der Waals surface area contributed by atoms with Crippen LogP contribution in [0.1, 0.15) is 18.1 Å². The molecular weight excluding hydrogens is 340 g/mol. The molecule has 0 spiro atoms. The van der Waals surface area contributed by atoms with E-state index in [1.165, 1.54) is 23.7 Å². The number of piperazine rings is 1. The molecule has 0 saturated carbocycles. The van der Waals surface area contributed by atoms with Gasteiger partial charge in [0.05, 0.1) is 0 Å². The van der Waals surface area contributed by atoms with E-state index in [2.05, 4.69) is 47.6 Å². The van der Waals surface area contributed by atoms with Crippen molar-refractivity contribution in [2.75, 3.05) is 41.7 Å². The van der Waals surface area contributed by atoms with Crippen LogP contribution in [0.5, 0.6) is 0 Å². The van der Waals surface area contributed by atoms with E-state index >= 15 is 0 Å². The van der Waals surface area contributed by atoms with Crippen molar-refractivity contribution in [1.29, 1.82) is 0 Å². The third-order valence-electron chi connectivity index (χ3n) is 4.69. The average molecular weight is 366 g/mol. The first-order valence-electron chi connectivity index (χ1n) is 9.18. The fourth-order valence-corrected chi connectivity index (χ4v) is 3.39. The van der Waals surface area contributed by atoms with Crippen LogP contribution in [0, 0.1) is 13.8 Å². The number of hydrogen-bond acceptors (Lipinski definition) is 3. The first-order valence-corrected chi connectivity index (χ1v) is 9.18. The zero-order valence-electron chi connectivity index (χ0n) is 16.1. The summed E-state index contributed by atoms with van der Waals surface area (Å²) in [5.74, 6) is -0.138. The SMILES string of the molecule is CC(=O)Nc1cccc(NC(=O)N2CCN(c3ccc(C)cc3C)CC2)c1. The lowest BCUT2D eigenvalue weighted by Gasteiger charge is -2.36. The van der Waals surface area contributed by atoms with Crippen LogP contribution in [0.3, 0.4) is 0 Å². The number of nitrogens with one attached hydrogen (secondary N) is 2. The lowest BCUT2D eigenvalue weighted by molar-refractivity contribution is -0.114. The third kappa shape index (κ3) is 4.78. The Bertz CT molecular complexity index is 842. The normalized spacial score (nSPS) is 14.0. The number of urea groups is 1. The quantitative estimate of drug-likeness (QED) is 0.872. The average Bonchev–Trinajstić information content (AvgIpc) is 2.61. The number of aryl methyl sites for hydroxylation is 2. The predicted octanol–water partition coefficient (Wildman–Crippen LogP) is 3.62. The third-order valence-corrected chi connectivity index (χ3v) is 4.69. The minimum atomic E-state index is -0.138. The van der Waals surface area contributed by atoms with E-state index in [0.717, 1.165) is 13.1 Å². The molecule has 0 atom stereocenters. The summed E-state index contributed by atoms with van der Waals surface area (Å²) in [6, 6.07) is 13.5. The van der Waals surface area contributed by atoms with Gasteiger partial charge in [0, 0.05) is 50.2 Å². The molecule has 27 heavy (non-hydrogen) atoms. The number of rotatable bonds is 3. The van der Waals surface area contributed by atoms with Crippen LogP contribution >= 0.6 is 0 Å². The molecule has 0 aliphatic carbocycles. The molecule has 0 radical (unpaired) electrons. The second-order valence-electron chi connectivity index (χ2n) is 6.96. The van der Waals surface area contributed by atoms with Crippen molar-refractivity contribution in [2.24, 2.45) is 0 Å². The van der Waals surface area contributed by atoms with Gasteiger partial charge in [0.15, 0.2) is 0 Å². The summed E-state index contributed by atoms with van der Waals surface area (Å²) in [6.45, 7) is 8.64. The maximum atomic E-state index is 12.6. The molecule has 1 aliphatic rings. The molecule has 6 heteroatoms. The molecule has 2 N–H and O–H groups in total. The van der Waals surface area contributed by atoms with Gasteiger partial charge in [-0.1, -0.05) is 23.8 Å². The van der Waals surface area contributed by atoms with E-state index in [1.807, 2.05) is 11.0 Å². The highest BCUT2D eigenvalue weighted by molar-refractivity contribution is 5.92. The Hall–Kier alpha value is -3.02. The summed E-state index contributed by atoms with van der Waals surface area (Å²) in [5, 5.41) is 5.64. The van der Waals surface area contributed by atoms with Crippen LogP contribution < -0.4 is 15.5 Å². The van der Waals surface area contributed by atoms with Crippen molar-refractivity contribution in [3.63, 3.8) is 0 Å². The van der Waals surface area contributed by atoms with Gasteiger partial charge >= 0.3 is 6.03 Å². The number of hydrogen-bond donors (Lipinski definition) is 2. The van der Waals surface area contributed by atoms with Crippen molar-refractivity contribution in [1.82, 2.24) is 4.90 Å². The second-order valence-corrected chi connectivity index (χ2v) is 6.96. The van der Waals surface area contributed by atoms with Gasteiger partial charge in [-0.15, -0.1) is 0 Å². The summed E-state index contributed by atoms with van der Waals surface area (Å²) < 4.78 is 0. The summed E-state index contributed by atoms with van der Waals surface area (Å²) in [7, 11) is 0. The highest BCUT2D eigenvalue weighted by Gasteiger charge is 2.22. The number of carbonyl (C=O) groups is 2. The standard InChI is InChI=1S/C21H26N4O2/c1-15-7-8-20(16(2)13-15)24-9-11-25(12-10-24)21(27)23-19-6-4-5-18(14-19)22-17(3)26/h4-8,13-14H,9-12H2,1-3H3,(H,22,26)(H,23,27). The molecule has 1 saturated heterocycles. The number of nitrogens with zero attached hydrogens (tertiary/aromatic N) is 2. The Morgan fingerprint density at radius 1 is 0.889 bits per heavy atom. The van der Waals surface area contributed by atoms with E-state index in [-0.39, 0.29) is 11.9 Å². The predicted molar refractivity (Wildman–Crippen MR) is 109 cm³/mol. The number of anilines is 3. The Morgan fingerprint density at radius 2 is 1.56 bits per heavy atom. The van der Waals surface area contributed by atoms with Crippen molar-refractivity contribution in [2.45, 2.75) is 20.8 Å². The first-order chi connectivity index (χ1) is 12.9.